The zero-order chi connectivity index (χ0) is 31.5. The molecule has 1 atom stereocenters. The second kappa shape index (κ2) is 15.6. The summed E-state index contributed by atoms with van der Waals surface area (Å²) in [6.45, 7) is 4.40. The lowest BCUT2D eigenvalue weighted by Gasteiger charge is -2.30. The van der Waals surface area contributed by atoms with Crippen molar-refractivity contribution < 1.29 is 38.3 Å². The number of nitrogens with one attached hydrogen (secondary N) is 3. The van der Waals surface area contributed by atoms with Gasteiger partial charge in [-0.05, 0) is 61.1 Å². The highest BCUT2D eigenvalue weighted by atomic mass is 79.9. The number of amides is 1. The highest BCUT2D eigenvalue weighted by molar-refractivity contribution is 9.10. The van der Waals surface area contributed by atoms with Crippen molar-refractivity contribution >= 4 is 63.0 Å². The summed E-state index contributed by atoms with van der Waals surface area (Å²) in [6, 6.07) is 8.77. The van der Waals surface area contributed by atoms with Crippen molar-refractivity contribution in [1.82, 2.24) is 16.1 Å². The minimum Gasteiger partial charge on any atom is -0.483 e. The Morgan fingerprint density at radius 2 is 1.86 bits per heavy atom. The van der Waals surface area contributed by atoms with Gasteiger partial charge in [0.25, 0.3) is 5.91 Å². The summed E-state index contributed by atoms with van der Waals surface area (Å²) in [5.41, 5.74) is 3.52. The van der Waals surface area contributed by atoms with E-state index in [1.807, 2.05) is 0 Å². The number of carbonyl (C=O) groups excluding carboxylic acids is 3. The summed E-state index contributed by atoms with van der Waals surface area (Å²) < 4.78 is 21.2. The van der Waals surface area contributed by atoms with Gasteiger partial charge < -0.3 is 29.6 Å². The van der Waals surface area contributed by atoms with Crippen LogP contribution in [0.15, 0.2) is 57.2 Å². The summed E-state index contributed by atoms with van der Waals surface area (Å²) in [4.78, 5) is 47.7. The number of esters is 2. The van der Waals surface area contributed by atoms with Crippen molar-refractivity contribution in [3.05, 3.63) is 73.4 Å². The molecule has 1 aliphatic rings. The lowest BCUT2D eigenvalue weighted by atomic mass is 9.95. The largest absolute Gasteiger partial charge is 0.483 e. The standard InChI is InChI=1S/C27H28BrN5O9S/c1-4-39-22(35)14-42-25-18(28)10-16(11-19(25)33(37)38)12-29-32-21(34)13-41-20-9-7-6-8-17(20)24-23(26(36)40-5-2)15(3)30-27(43)31-24/h6-12,24H,4-5,13-14H2,1-3H3,(H,32,34)(H2,30,31,43)/t24-/m1/s1. The predicted molar refractivity (Wildman–Crippen MR) is 162 cm³/mol. The van der Waals surface area contributed by atoms with E-state index in [9.17, 15) is 24.5 Å². The SMILES string of the molecule is CCOC(=O)COc1c(Br)cc(C=NNC(=O)COc2ccccc2[C@H]2NC(=S)NC(C)=C2C(=O)OCC)cc1[N+](=O)[O-]. The van der Waals surface area contributed by atoms with Gasteiger partial charge >= 0.3 is 17.6 Å². The van der Waals surface area contributed by atoms with Crippen LogP contribution in [0.25, 0.3) is 0 Å². The van der Waals surface area contributed by atoms with Gasteiger partial charge in [0.1, 0.15) is 5.75 Å². The van der Waals surface area contributed by atoms with Crippen LogP contribution in [0.3, 0.4) is 0 Å². The summed E-state index contributed by atoms with van der Waals surface area (Å²) in [7, 11) is 0. The van der Waals surface area contributed by atoms with Gasteiger partial charge in [0, 0.05) is 22.9 Å². The molecule has 228 valence electrons. The highest BCUT2D eigenvalue weighted by Crippen LogP contribution is 2.36. The first-order valence-corrected chi connectivity index (χ1v) is 14.0. The lowest BCUT2D eigenvalue weighted by Crippen LogP contribution is -2.45. The Morgan fingerprint density at radius 3 is 2.56 bits per heavy atom. The molecule has 1 heterocycles. The molecule has 16 heteroatoms. The van der Waals surface area contributed by atoms with Crippen LogP contribution >= 0.6 is 28.1 Å². The van der Waals surface area contributed by atoms with E-state index >= 15 is 0 Å². The molecule has 0 fully saturated rings. The minimum absolute atomic E-state index is 0.141. The van der Waals surface area contributed by atoms with E-state index in [4.69, 9.17) is 31.2 Å². The van der Waals surface area contributed by atoms with E-state index in [0.29, 0.717) is 27.7 Å². The van der Waals surface area contributed by atoms with Crippen molar-refractivity contribution in [2.75, 3.05) is 26.4 Å². The van der Waals surface area contributed by atoms with Crippen molar-refractivity contribution in [2.24, 2.45) is 5.10 Å². The van der Waals surface area contributed by atoms with Crippen LogP contribution < -0.4 is 25.5 Å². The summed E-state index contributed by atoms with van der Waals surface area (Å²) in [5, 5.41) is 21.7. The molecule has 3 N–H and O–H groups in total. The first kappa shape index (κ1) is 32.9. The number of nitrogens with zero attached hydrogens (tertiary/aromatic N) is 2. The molecule has 0 radical (unpaired) electrons. The summed E-state index contributed by atoms with van der Waals surface area (Å²) in [5.74, 6) is -1.67. The minimum atomic E-state index is -0.691. The third kappa shape index (κ3) is 8.96. The molecule has 14 nitrogen and oxygen atoms in total. The first-order valence-electron chi connectivity index (χ1n) is 12.8. The van der Waals surface area contributed by atoms with Gasteiger partial charge in [-0.15, -0.1) is 0 Å². The average Bonchev–Trinajstić information content (AvgIpc) is 2.95. The Labute approximate surface area is 260 Å². The number of carbonyl (C=O) groups is 3. The molecule has 0 saturated carbocycles. The molecule has 2 aromatic rings. The third-order valence-corrected chi connectivity index (χ3v) is 6.45. The molecular formula is C27H28BrN5O9S. The number of halogens is 1. The molecule has 2 aromatic carbocycles. The fraction of sp³-hybridized carbons (Fsp3) is 0.296. The van der Waals surface area contributed by atoms with Crippen LogP contribution in [0, 0.1) is 10.1 Å². The molecule has 0 bridgehead atoms. The fourth-order valence-corrected chi connectivity index (χ4v) is 4.75. The molecule has 0 aromatic heterocycles. The van der Waals surface area contributed by atoms with Gasteiger partial charge in [0.15, 0.2) is 18.3 Å². The molecule has 0 aliphatic carbocycles. The quantitative estimate of drug-likeness (QED) is 0.0928. The maximum atomic E-state index is 12.7. The number of ether oxygens (including phenoxy) is 4. The molecule has 0 unspecified atom stereocenters. The zero-order valence-corrected chi connectivity index (χ0v) is 25.7. The molecule has 1 amide bonds. The summed E-state index contributed by atoms with van der Waals surface area (Å²) in [6.07, 6.45) is 1.19. The van der Waals surface area contributed by atoms with Crippen molar-refractivity contribution in [3.8, 4) is 11.5 Å². The molecule has 43 heavy (non-hydrogen) atoms. The van der Waals surface area contributed by atoms with Crippen molar-refractivity contribution in [2.45, 2.75) is 26.8 Å². The van der Waals surface area contributed by atoms with Crippen LogP contribution in [0.2, 0.25) is 0 Å². The van der Waals surface area contributed by atoms with Gasteiger partial charge in [-0.25, -0.2) is 15.0 Å². The monoisotopic (exact) mass is 677 g/mol. The number of rotatable bonds is 13. The van der Waals surface area contributed by atoms with E-state index in [2.05, 4.69) is 37.1 Å². The van der Waals surface area contributed by atoms with Gasteiger partial charge in [0.2, 0.25) is 5.75 Å². The second-order valence-corrected chi connectivity index (χ2v) is 9.87. The van der Waals surface area contributed by atoms with Gasteiger partial charge in [-0.3, -0.25) is 14.9 Å². The Kier molecular flexibility index (Phi) is 11.9. The van der Waals surface area contributed by atoms with Crippen LogP contribution in [0.5, 0.6) is 11.5 Å². The fourth-order valence-electron chi connectivity index (χ4n) is 3.90. The van der Waals surface area contributed by atoms with E-state index in [0.717, 1.165) is 0 Å². The van der Waals surface area contributed by atoms with Crippen LogP contribution in [-0.4, -0.2) is 60.5 Å². The smallest absolute Gasteiger partial charge is 0.344 e. The summed E-state index contributed by atoms with van der Waals surface area (Å²) >= 11 is 8.47. The number of hydrazone groups is 1. The Hall–Kier alpha value is -4.57. The molecule has 1 aliphatic heterocycles. The number of nitro benzene ring substituents is 1. The van der Waals surface area contributed by atoms with E-state index < -0.39 is 47.7 Å². The van der Waals surface area contributed by atoms with Crippen molar-refractivity contribution in [1.29, 1.82) is 0 Å². The lowest BCUT2D eigenvalue weighted by molar-refractivity contribution is -0.385. The zero-order valence-electron chi connectivity index (χ0n) is 23.3. The number of benzene rings is 2. The number of hydrogen-bond donors (Lipinski definition) is 3. The van der Waals surface area contributed by atoms with Gasteiger partial charge in [-0.1, -0.05) is 18.2 Å². The molecule has 3 rings (SSSR count). The Bertz CT molecular complexity index is 1480. The average molecular weight is 679 g/mol. The van der Waals surface area contributed by atoms with Crippen molar-refractivity contribution in [3.63, 3.8) is 0 Å². The van der Waals surface area contributed by atoms with Crippen LogP contribution in [-0.2, 0) is 23.9 Å². The van der Waals surface area contributed by atoms with E-state index in [1.165, 1.54) is 18.3 Å². The first-order chi connectivity index (χ1) is 20.5. The second-order valence-electron chi connectivity index (χ2n) is 8.61. The van der Waals surface area contributed by atoms with Crippen LogP contribution in [0.1, 0.15) is 37.9 Å². The van der Waals surface area contributed by atoms with E-state index in [1.54, 1.807) is 45.0 Å². The number of para-hydroxylation sites is 1. The normalized spacial score (nSPS) is 14.4. The van der Waals surface area contributed by atoms with Gasteiger partial charge in [-0.2, -0.15) is 5.10 Å². The third-order valence-electron chi connectivity index (χ3n) is 5.64. The number of nitro groups is 1. The number of allylic oxidation sites excluding steroid dienone is 1. The Balaban J connectivity index is 1.69. The Morgan fingerprint density at radius 1 is 1.14 bits per heavy atom. The topological polar surface area (TPSA) is 180 Å². The number of thiocarbonyl (C=S) groups is 1. The predicted octanol–water partition coefficient (Wildman–Crippen LogP) is 3.18. The maximum Gasteiger partial charge on any atom is 0.344 e. The highest BCUT2D eigenvalue weighted by Gasteiger charge is 2.32. The van der Waals surface area contributed by atoms with Crippen LogP contribution in [0.4, 0.5) is 5.69 Å². The molecule has 0 saturated heterocycles. The molecule has 0 spiro atoms. The van der Waals surface area contributed by atoms with E-state index in [-0.39, 0.29) is 29.0 Å². The number of hydrogen-bond acceptors (Lipinski definition) is 11. The molecular weight excluding hydrogens is 650 g/mol. The van der Waals surface area contributed by atoms with Gasteiger partial charge in [0.05, 0.1) is 40.4 Å². The maximum absolute atomic E-state index is 12.7.